The number of nitrogens with zero attached hydrogens (tertiary/aromatic N) is 1. The van der Waals surface area contributed by atoms with Crippen LogP contribution in [0.15, 0.2) is 52.2 Å². The molecule has 0 aliphatic carbocycles. The highest BCUT2D eigenvalue weighted by Crippen LogP contribution is 2.03. The monoisotopic (exact) mass is 232 g/mol. The molecule has 2 aromatic rings. The number of hydrogen-bond donors (Lipinski definition) is 1. The van der Waals surface area contributed by atoms with E-state index in [4.69, 9.17) is 4.42 Å². The van der Waals surface area contributed by atoms with Crippen molar-refractivity contribution in [3.8, 4) is 0 Å². The SMILES string of the molecule is O=C(N/N=C\c1ccco1)c1cccc(F)c1. The van der Waals surface area contributed by atoms with E-state index in [1.165, 1.54) is 30.7 Å². The summed E-state index contributed by atoms with van der Waals surface area (Å²) in [7, 11) is 0. The van der Waals surface area contributed by atoms with Crippen LogP contribution >= 0.6 is 0 Å². The van der Waals surface area contributed by atoms with Crippen LogP contribution in [-0.2, 0) is 0 Å². The molecule has 0 spiro atoms. The second kappa shape index (κ2) is 5.07. The van der Waals surface area contributed by atoms with E-state index in [-0.39, 0.29) is 5.56 Å². The third-order valence-corrected chi connectivity index (χ3v) is 1.99. The van der Waals surface area contributed by atoms with E-state index in [0.717, 1.165) is 6.07 Å². The van der Waals surface area contributed by atoms with Crippen molar-refractivity contribution < 1.29 is 13.6 Å². The van der Waals surface area contributed by atoms with Crippen LogP contribution in [-0.4, -0.2) is 12.1 Å². The normalized spacial score (nSPS) is 10.6. The Morgan fingerprint density at radius 2 is 2.24 bits per heavy atom. The molecule has 2 rings (SSSR count). The fraction of sp³-hybridized carbons (Fsp3) is 0. The zero-order chi connectivity index (χ0) is 12.1. The number of halogens is 1. The molecule has 0 unspecified atom stereocenters. The standard InChI is InChI=1S/C12H9FN2O2/c13-10-4-1-3-9(7-10)12(16)15-14-8-11-5-2-6-17-11/h1-8H,(H,15,16)/b14-8-. The van der Waals surface area contributed by atoms with E-state index < -0.39 is 11.7 Å². The van der Waals surface area contributed by atoms with E-state index in [2.05, 4.69) is 10.5 Å². The van der Waals surface area contributed by atoms with Gasteiger partial charge in [-0.15, -0.1) is 0 Å². The molecule has 17 heavy (non-hydrogen) atoms. The maximum atomic E-state index is 12.8. The van der Waals surface area contributed by atoms with Crippen LogP contribution in [0.5, 0.6) is 0 Å². The van der Waals surface area contributed by atoms with Gasteiger partial charge in [0.15, 0.2) is 0 Å². The third kappa shape index (κ3) is 3.01. The molecule has 1 heterocycles. The van der Waals surface area contributed by atoms with E-state index in [1.807, 2.05) is 0 Å². The van der Waals surface area contributed by atoms with Crippen molar-refractivity contribution in [3.63, 3.8) is 0 Å². The molecule has 5 heteroatoms. The van der Waals surface area contributed by atoms with Gasteiger partial charge in [-0.1, -0.05) is 6.07 Å². The molecular weight excluding hydrogens is 223 g/mol. The highest BCUT2D eigenvalue weighted by molar-refractivity contribution is 5.94. The van der Waals surface area contributed by atoms with Crippen molar-refractivity contribution in [3.05, 3.63) is 59.8 Å². The summed E-state index contributed by atoms with van der Waals surface area (Å²) in [5.74, 6) is -0.426. The zero-order valence-corrected chi connectivity index (χ0v) is 8.76. The highest BCUT2D eigenvalue weighted by Gasteiger charge is 2.04. The minimum absolute atomic E-state index is 0.210. The molecule has 1 aromatic carbocycles. The van der Waals surface area contributed by atoms with Crippen molar-refractivity contribution >= 4 is 12.1 Å². The highest BCUT2D eigenvalue weighted by atomic mass is 19.1. The van der Waals surface area contributed by atoms with Crippen LogP contribution in [0.25, 0.3) is 0 Å². The largest absolute Gasteiger partial charge is 0.463 e. The maximum absolute atomic E-state index is 12.8. The van der Waals surface area contributed by atoms with Gasteiger partial charge >= 0.3 is 0 Å². The smallest absolute Gasteiger partial charge is 0.271 e. The number of furan rings is 1. The summed E-state index contributed by atoms with van der Waals surface area (Å²) in [5.41, 5.74) is 2.48. The maximum Gasteiger partial charge on any atom is 0.271 e. The predicted octanol–water partition coefficient (Wildman–Crippen LogP) is 2.18. The fourth-order valence-corrected chi connectivity index (χ4v) is 1.21. The summed E-state index contributed by atoms with van der Waals surface area (Å²) in [5, 5.41) is 3.68. The number of benzene rings is 1. The Morgan fingerprint density at radius 3 is 2.94 bits per heavy atom. The molecule has 0 saturated heterocycles. The first-order chi connectivity index (χ1) is 8.25. The van der Waals surface area contributed by atoms with Crippen molar-refractivity contribution in [2.24, 2.45) is 5.10 Å². The number of nitrogens with one attached hydrogen (secondary N) is 1. The van der Waals surface area contributed by atoms with Gasteiger partial charge in [0.25, 0.3) is 5.91 Å². The number of hydrogen-bond acceptors (Lipinski definition) is 3. The Labute approximate surface area is 96.8 Å². The number of carbonyl (C=O) groups is 1. The van der Waals surface area contributed by atoms with Crippen LogP contribution in [0, 0.1) is 5.82 Å². The van der Waals surface area contributed by atoms with Crippen LogP contribution in [0.3, 0.4) is 0 Å². The molecule has 0 atom stereocenters. The van der Waals surface area contributed by atoms with Crippen LogP contribution in [0.1, 0.15) is 16.1 Å². The predicted molar refractivity (Wildman–Crippen MR) is 60.2 cm³/mol. The van der Waals surface area contributed by atoms with Crippen LogP contribution in [0.4, 0.5) is 4.39 Å². The Bertz CT molecular complexity index is 535. The van der Waals surface area contributed by atoms with Gasteiger partial charge in [0.1, 0.15) is 11.6 Å². The number of carbonyl (C=O) groups excluding carboxylic acids is 1. The lowest BCUT2D eigenvalue weighted by Crippen LogP contribution is -2.17. The summed E-state index contributed by atoms with van der Waals surface area (Å²) < 4.78 is 17.8. The molecule has 0 bridgehead atoms. The average molecular weight is 232 g/mol. The third-order valence-electron chi connectivity index (χ3n) is 1.99. The van der Waals surface area contributed by atoms with Gasteiger partial charge < -0.3 is 4.42 Å². The van der Waals surface area contributed by atoms with Gasteiger partial charge in [-0.2, -0.15) is 5.10 Å². The van der Waals surface area contributed by atoms with Crippen molar-refractivity contribution in [2.75, 3.05) is 0 Å². The number of hydrazone groups is 1. The van der Waals surface area contributed by atoms with Crippen molar-refractivity contribution in [1.29, 1.82) is 0 Å². The topological polar surface area (TPSA) is 54.6 Å². The van der Waals surface area contributed by atoms with E-state index in [1.54, 1.807) is 12.1 Å². The lowest BCUT2D eigenvalue weighted by atomic mass is 10.2. The number of amides is 1. The molecule has 4 nitrogen and oxygen atoms in total. The molecule has 86 valence electrons. The van der Waals surface area contributed by atoms with Crippen LogP contribution < -0.4 is 5.43 Å². The molecule has 0 saturated carbocycles. The lowest BCUT2D eigenvalue weighted by molar-refractivity contribution is 0.0954. The lowest BCUT2D eigenvalue weighted by Gasteiger charge is -1.98. The second-order valence-electron chi connectivity index (χ2n) is 3.22. The summed E-state index contributed by atoms with van der Waals surface area (Å²) in [6, 6.07) is 8.76. The summed E-state index contributed by atoms with van der Waals surface area (Å²) in [6.45, 7) is 0. The summed E-state index contributed by atoms with van der Waals surface area (Å²) in [6.07, 6.45) is 2.85. The molecule has 1 aromatic heterocycles. The molecule has 0 aliphatic rings. The van der Waals surface area contributed by atoms with Gasteiger partial charge in [-0.3, -0.25) is 4.79 Å². The van der Waals surface area contributed by atoms with E-state index in [0.29, 0.717) is 5.76 Å². The first-order valence-electron chi connectivity index (χ1n) is 4.88. The van der Waals surface area contributed by atoms with Gasteiger partial charge in [-0.25, -0.2) is 9.82 Å². The number of rotatable bonds is 3. The second-order valence-corrected chi connectivity index (χ2v) is 3.22. The average Bonchev–Trinajstić information content (AvgIpc) is 2.82. The molecular formula is C12H9FN2O2. The molecule has 1 N–H and O–H groups in total. The van der Waals surface area contributed by atoms with Gasteiger partial charge in [-0.05, 0) is 30.3 Å². The molecule has 0 aliphatic heterocycles. The fourth-order valence-electron chi connectivity index (χ4n) is 1.21. The summed E-state index contributed by atoms with van der Waals surface area (Å²) in [4.78, 5) is 11.5. The van der Waals surface area contributed by atoms with E-state index >= 15 is 0 Å². The Kier molecular flexibility index (Phi) is 3.30. The molecule has 1 amide bonds. The van der Waals surface area contributed by atoms with Gasteiger partial charge in [0, 0.05) is 5.56 Å². The minimum atomic E-state index is -0.479. The zero-order valence-electron chi connectivity index (χ0n) is 8.76. The van der Waals surface area contributed by atoms with Crippen LogP contribution in [0.2, 0.25) is 0 Å². The Balaban J connectivity index is 1.98. The van der Waals surface area contributed by atoms with Crippen molar-refractivity contribution in [2.45, 2.75) is 0 Å². The minimum Gasteiger partial charge on any atom is -0.463 e. The summed E-state index contributed by atoms with van der Waals surface area (Å²) >= 11 is 0. The van der Waals surface area contributed by atoms with E-state index in [9.17, 15) is 9.18 Å². The Hall–Kier alpha value is -2.43. The quantitative estimate of drug-likeness (QED) is 0.651. The van der Waals surface area contributed by atoms with Crippen molar-refractivity contribution in [1.82, 2.24) is 5.43 Å². The first kappa shape index (κ1) is 11.1. The van der Waals surface area contributed by atoms with Gasteiger partial charge in [0.2, 0.25) is 0 Å². The molecule has 0 radical (unpaired) electrons. The molecule has 0 fully saturated rings. The van der Waals surface area contributed by atoms with Gasteiger partial charge in [0.05, 0.1) is 12.5 Å². The first-order valence-corrected chi connectivity index (χ1v) is 4.88. The Morgan fingerprint density at radius 1 is 1.35 bits per heavy atom.